The molecule has 5 heteroatoms. The van der Waals surface area contributed by atoms with Crippen LogP contribution >= 0.6 is 0 Å². The lowest BCUT2D eigenvalue weighted by Crippen LogP contribution is -2.32. The first-order valence-corrected chi connectivity index (χ1v) is 9.75. The fourth-order valence-corrected chi connectivity index (χ4v) is 3.93. The van der Waals surface area contributed by atoms with Gasteiger partial charge in [0.1, 0.15) is 0 Å². The van der Waals surface area contributed by atoms with Crippen molar-refractivity contribution in [3.05, 3.63) is 47.2 Å². The summed E-state index contributed by atoms with van der Waals surface area (Å²) in [6.07, 6.45) is 4.57. The highest BCUT2D eigenvalue weighted by Crippen LogP contribution is 2.28. The van der Waals surface area contributed by atoms with Crippen molar-refractivity contribution in [1.82, 2.24) is 19.7 Å². The molecule has 1 aliphatic rings. The van der Waals surface area contributed by atoms with E-state index in [4.69, 9.17) is 4.98 Å². The maximum Gasteiger partial charge on any atom is 0.254 e. The average Bonchev–Trinajstić information content (AvgIpc) is 2.85. The molecular weight excluding hydrogens is 336 g/mol. The molecule has 27 heavy (non-hydrogen) atoms. The van der Waals surface area contributed by atoms with Crippen LogP contribution in [0.25, 0.3) is 22.3 Å². The van der Waals surface area contributed by atoms with Crippen LogP contribution in [0.5, 0.6) is 0 Å². The Labute approximate surface area is 160 Å². The molecule has 0 N–H and O–H groups in total. The van der Waals surface area contributed by atoms with Gasteiger partial charge in [0, 0.05) is 25.7 Å². The molecule has 1 amide bonds. The molecule has 1 saturated heterocycles. The summed E-state index contributed by atoms with van der Waals surface area (Å²) < 4.78 is 1.78. The Morgan fingerprint density at radius 3 is 2.33 bits per heavy atom. The van der Waals surface area contributed by atoms with Crippen molar-refractivity contribution < 1.29 is 4.79 Å². The Balaban J connectivity index is 1.86. The number of pyridine rings is 1. The summed E-state index contributed by atoms with van der Waals surface area (Å²) >= 11 is 0. The van der Waals surface area contributed by atoms with E-state index in [1.807, 2.05) is 24.9 Å². The Kier molecular flexibility index (Phi) is 4.68. The minimum atomic E-state index is 0.105. The van der Waals surface area contributed by atoms with Gasteiger partial charge in [-0.15, -0.1) is 0 Å². The van der Waals surface area contributed by atoms with Crippen LogP contribution in [-0.4, -0.2) is 38.7 Å². The van der Waals surface area contributed by atoms with E-state index in [0.29, 0.717) is 0 Å². The SMILES string of the molecule is Cc1ccc(-c2cc(C(=O)N3CCCCCC3)c3c(C)nn(C)c3n2)cc1. The third kappa shape index (κ3) is 3.34. The van der Waals surface area contributed by atoms with Crippen molar-refractivity contribution in [3.63, 3.8) is 0 Å². The smallest absolute Gasteiger partial charge is 0.254 e. The predicted octanol–water partition coefficient (Wildman–Crippen LogP) is 4.27. The summed E-state index contributed by atoms with van der Waals surface area (Å²) in [7, 11) is 1.89. The molecule has 0 unspecified atom stereocenters. The summed E-state index contributed by atoms with van der Waals surface area (Å²) in [6, 6.07) is 10.2. The number of hydrogen-bond acceptors (Lipinski definition) is 3. The maximum atomic E-state index is 13.4. The van der Waals surface area contributed by atoms with Crippen LogP contribution in [0.4, 0.5) is 0 Å². The highest BCUT2D eigenvalue weighted by molar-refractivity contribution is 6.07. The van der Waals surface area contributed by atoms with E-state index in [0.717, 1.165) is 59.5 Å². The number of hydrogen-bond donors (Lipinski definition) is 0. The molecule has 0 bridgehead atoms. The lowest BCUT2D eigenvalue weighted by molar-refractivity contribution is 0.0763. The second-order valence-corrected chi connectivity index (χ2v) is 7.54. The molecule has 3 heterocycles. The van der Waals surface area contributed by atoms with E-state index in [9.17, 15) is 4.79 Å². The zero-order valence-electron chi connectivity index (χ0n) is 16.3. The van der Waals surface area contributed by atoms with Gasteiger partial charge in [0.2, 0.25) is 0 Å². The first-order chi connectivity index (χ1) is 13.0. The van der Waals surface area contributed by atoms with Crippen LogP contribution in [0.1, 0.15) is 47.3 Å². The van der Waals surface area contributed by atoms with Crippen molar-refractivity contribution in [1.29, 1.82) is 0 Å². The third-order valence-electron chi connectivity index (χ3n) is 5.44. The molecule has 1 fully saturated rings. The lowest BCUT2D eigenvalue weighted by Gasteiger charge is -2.21. The molecule has 4 rings (SSSR count). The van der Waals surface area contributed by atoms with Crippen LogP contribution in [0.3, 0.4) is 0 Å². The second-order valence-electron chi connectivity index (χ2n) is 7.54. The first-order valence-electron chi connectivity index (χ1n) is 9.75. The van der Waals surface area contributed by atoms with Crippen molar-refractivity contribution in [3.8, 4) is 11.3 Å². The van der Waals surface area contributed by atoms with Gasteiger partial charge in [0.15, 0.2) is 5.65 Å². The minimum Gasteiger partial charge on any atom is -0.339 e. The normalized spacial score (nSPS) is 15.1. The van der Waals surface area contributed by atoms with E-state index in [-0.39, 0.29) is 5.91 Å². The number of aromatic nitrogens is 3. The molecule has 3 aromatic rings. The van der Waals surface area contributed by atoms with Gasteiger partial charge in [0.25, 0.3) is 5.91 Å². The predicted molar refractivity (Wildman–Crippen MR) is 108 cm³/mol. The zero-order valence-corrected chi connectivity index (χ0v) is 16.3. The maximum absolute atomic E-state index is 13.4. The summed E-state index contributed by atoms with van der Waals surface area (Å²) in [5.74, 6) is 0.105. The number of amides is 1. The van der Waals surface area contributed by atoms with Crippen LogP contribution < -0.4 is 0 Å². The molecule has 0 atom stereocenters. The van der Waals surface area contributed by atoms with Crippen molar-refractivity contribution in [2.24, 2.45) is 7.05 Å². The third-order valence-corrected chi connectivity index (χ3v) is 5.44. The van der Waals surface area contributed by atoms with E-state index < -0.39 is 0 Å². The molecule has 0 radical (unpaired) electrons. The molecular formula is C22H26N4O. The van der Waals surface area contributed by atoms with Crippen molar-refractivity contribution >= 4 is 16.9 Å². The number of carbonyl (C=O) groups is 1. The number of rotatable bonds is 2. The number of benzene rings is 1. The molecule has 5 nitrogen and oxygen atoms in total. The molecule has 1 aliphatic heterocycles. The fraction of sp³-hybridized carbons (Fsp3) is 0.409. The van der Waals surface area contributed by atoms with E-state index >= 15 is 0 Å². The van der Waals surface area contributed by atoms with Gasteiger partial charge in [-0.25, -0.2) is 4.98 Å². The molecule has 1 aromatic carbocycles. The molecule has 2 aromatic heterocycles. The Morgan fingerprint density at radius 2 is 1.67 bits per heavy atom. The quantitative estimate of drug-likeness (QED) is 0.684. The second kappa shape index (κ2) is 7.14. The highest BCUT2D eigenvalue weighted by atomic mass is 16.2. The fourth-order valence-electron chi connectivity index (χ4n) is 3.93. The number of likely N-dealkylation sites (tertiary alicyclic amines) is 1. The highest BCUT2D eigenvalue weighted by Gasteiger charge is 2.23. The van der Waals surface area contributed by atoms with Gasteiger partial charge in [-0.05, 0) is 32.8 Å². The number of fused-ring (bicyclic) bond motifs is 1. The first kappa shape index (κ1) is 17.7. The van der Waals surface area contributed by atoms with Crippen LogP contribution in [0, 0.1) is 13.8 Å². The Hall–Kier alpha value is -2.69. The van der Waals surface area contributed by atoms with Gasteiger partial charge in [-0.1, -0.05) is 42.7 Å². The largest absolute Gasteiger partial charge is 0.339 e. The van der Waals surface area contributed by atoms with Gasteiger partial charge < -0.3 is 4.90 Å². The Bertz CT molecular complexity index is 980. The number of aryl methyl sites for hydroxylation is 3. The van der Waals surface area contributed by atoms with E-state index in [2.05, 4.69) is 36.3 Å². The van der Waals surface area contributed by atoms with Crippen LogP contribution in [0.15, 0.2) is 30.3 Å². The van der Waals surface area contributed by atoms with E-state index in [1.165, 1.54) is 18.4 Å². The molecule has 140 valence electrons. The minimum absolute atomic E-state index is 0.105. The number of carbonyl (C=O) groups excluding carboxylic acids is 1. The van der Waals surface area contributed by atoms with Gasteiger partial charge in [0.05, 0.1) is 22.3 Å². The molecule has 0 aliphatic carbocycles. The van der Waals surface area contributed by atoms with Gasteiger partial charge >= 0.3 is 0 Å². The number of nitrogens with zero attached hydrogens (tertiary/aromatic N) is 4. The van der Waals surface area contributed by atoms with Crippen LogP contribution in [-0.2, 0) is 7.05 Å². The topological polar surface area (TPSA) is 51.0 Å². The van der Waals surface area contributed by atoms with Crippen LogP contribution in [0.2, 0.25) is 0 Å². The lowest BCUT2D eigenvalue weighted by atomic mass is 10.0. The van der Waals surface area contributed by atoms with Gasteiger partial charge in [-0.2, -0.15) is 5.10 Å². The standard InChI is InChI=1S/C22H26N4O/c1-15-8-10-17(11-9-15)19-14-18(20-16(2)24-25(3)21(20)23-19)22(27)26-12-6-4-5-7-13-26/h8-11,14H,4-7,12-13H2,1-3H3. The molecule has 0 spiro atoms. The molecule has 0 saturated carbocycles. The summed E-state index contributed by atoms with van der Waals surface area (Å²) in [5, 5.41) is 5.41. The summed E-state index contributed by atoms with van der Waals surface area (Å²) in [5.41, 5.74) is 5.40. The zero-order chi connectivity index (χ0) is 19.0. The Morgan fingerprint density at radius 1 is 1.00 bits per heavy atom. The average molecular weight is 362 g/mol. The summed E-state index contributed by atoms with van der Waals surface area (Å²) in [6.45, 7) is 5.69. The van der Waals surface area contributed by atoms with Crippen molar-refractivity contribution in [2.45, 2.75) is 39.5 Å². The van der Waals surface area contributed by atoms with Crippen molar-refractivity contribution in [2.75, 3.05) is 13.1 Å². The summed E-state index contributed by atoms with van der Waals surface area (Å²) in [4.78, 5) is 20.3. The van der Waals surface area contributed by atoms with E-state index in [1.54, 1.807) is 4.68 Å². The van der Waals surface area contributed by atoms with Gasteiger partial charge in [-0.3, -0.25) is 9.48 Å². The monoisotopic (exact) mass is 362 g/mol.